The largest absolute Gasteiger partial charge is 0.369 e. The van der Waals surface area contributed by atoms with E-state index >= 15 is 0 Å². The highest BCUT2D eigenvalue weighted by molar-refractivity contribution is 5.57. The van der Waals surface area contributed by atoms with Crippen molar-refractivity contribution in [3.63, 3.8) is 0 Å². The quantitative estimate of drug-likeness (QED) is 0.881. The molecule has 0 saturated heterocycles. The van der Waals surface area contributed by atoms with Gasteiger partial charge < -0.3 is 10.2 Å². The molecule has 1 saturated carbocycles. The summed E-state index contributed by atoms with van der Waals surface area (Å²) in [6.45, 7) is 5.73. The Bertz CT molecular complexity index is 423. The SMILES string of the molecule is CCNC(CN1CCc2ccccc21)C1CCCCC1. The van der Waals surface area contributed by atoms with Crippen molar-refractivity contribution in [3.05, 3.63) is 29.8 Å². The molecule has 1 aromatic rings. The van der Waals surface area contributed by atoms with Crippen molar-refractivity contribution in [1.82, 2.24) is 5.32 Å². The van der Waals surface area contributed by atoms with Gasteiger partial charge in [-0.15, -0.1) is 0 Å². The Balaban J connectivity index is 1.67. The van der Waals surface area contributed by atoms with E-state index in [-0.39, 0.29) is 0 Å². The molecule has 2 nitrogen and oxygen atoms in total. The van der Waals surface area contributed by atoms with Gasteiger partial charge in [-0.2, -0.15) is 0 Å². The maximum atomic E-state index is 3.77. The summed E-state index contributed by atoms with van der Waals surface area (Å²) in [5.41, 5.74) is 3.01. The first-order chi connectivity index (χ1) is 9.88. The van der Waals surface area contributed by atoms with Crippen LogP contribution in [-0.4, -0.2) is 25.7 Å². The van der Waals surface area contributed by atoms with Crippen molar-refractivity contribution >= 4 is 5.69 Å². The third-order valence-electron chi connectivity index (χ3n) is 5.09. The van der Waals surface area contributed by atoms with Gasteiger partial charge in [-0.05, 0) is 43.4 Å². The topological polar surface area (TPSA) is 15.3 Å². The van der Waals surface area contributed by atoms with Gasteiger partial charge in [0.05, 0.1) is 0 Å². The highest BCUT2D eigenvalue weighted by atomic mass is 15.2. The van der Waals surface area contributed by atoms with Crippen LogP contribution in [-0.2, 0) is 6.42 Å². The van der Waals surface area contributed by atoms with Gasteiger partial charge in [0.2, 0.25) is 0 Å². The van der Waals surface area contributed by atoms with Crippen molar-refractivity contribution in [3.8, 4) is 0 Å². The van der Waals surface area contributed by atoms with Crippen molar-refractivity contribution in [2.24, 2.45) is 5.92 Å². The number of benzene rings is 1. The van der Waals surface area contributed by atoms with Gasteiger partial charge >= 0.3 is 0 Å². The Morgan fingerprint density at radius 1 is 1.20 bits per heavy atom. The van der Waals surface area contributed by atoms with Crippen LogP contribution >= 0.6 is 0 Å². The molecule has 110 valence electrons. The summed E-state index contributed by atoms with van der Waals surface area (Å²) >= 11 is 0. The zero-order valence-corrected chi connectivity index (χ0v) is 12.8. The number of fused-ring (bicyclic) bond motifs is 1. The third-order valence-corrected chi connectivity index (χ3v) is 5.09. The minimum atomic E-state index is 0.673. The Labute approximate surface area is 123 Å². The molecule has 1 N–H and O–H groups in total. The molecule has 3 rings (SSSR count). The number of hydrogen-bond donors (Lipinski definition) is 1. The van der Waals surface area contributed by atoms with Crippen LogP contribution in [0.4, 0.5) is 5.69 Å². The van der Waals surface area contributed by atoms with Gasteiger partial charge in [0.25, 0.3) is 0 Å². The van der Waals surface area contributed by atoms with Crippen LogP contribution in [0.3, 0.4) is 0 Å². The van der Waals surface area contributed by atoms with Crippen LogP contribution < -0.4 is 10.2 Å². The van der Waals surface area contributed by atoms with E-state index in [0.717, 1.165) is 12.5 Å². The predicted molar refractivity (Wildman–Crippen MR) is 86.4 cm³/mol. The Morgan fingerprint density at radius 3 is 2.80 bits per heavy atom. The monoisotopic (exact) mass is 272 g/mol. The van der Waals surface area contributed by atoms with Gasteiger partial charge in [0.1, 0.15) is 0 Å². The van der Waals surface area contributed by atoms with Crippen LogP contribution in [0.15, 0.2) is 24.3 Å². The summed E-state index contributed by atoms with van der Waals surface area (Å²) < 4.78 is 0. The average Bonchev–Trinajstić information content (AvgIpc) is 2.91. The summed E-state index contributed by atoms with van der Waals surface area (Å²) in [6, 6.07) is 9.61. The molecule has 2 heteroatoms. The molecule has 1 aromatic carbocycles. The Morgan fingerprint density at radius 2 is 2.00 bits per heavy atom. The fraction of sp³-hybridized carbons (Fsp3) is 0.667. The van der Waals surface area contributed by atoms with E-state index in [1.807, 2.05) is 0 Å². The summed E-state index contributed by atoms with van der Waals surface area (Å²) in [7, 11) is 0. The molecule has 1 fully saturated rings. The minimum Gasteiger partial charge on any atom is -0.369 e. The number of nitrogens with one attached hydrogen (secondary N) is 1. The lowest BCUT2D eigenvalue weighted by molar-refractivity contribution is 0.272. The van der Waals surface area contributed by atoms with Gasteiger partial charge in [0, 0.05) is 24.8 Å². The molecular formula is C18H28N2. The highest BCUT2D eigenvalue weighted by Crippen LogP contribution is 2.31. The average molecular weight is 272 g/mol. The molecular weight excluding hydrogens is 244 g/mol. The van der Waals surface area contributed by atoms with Crippen LogP contribution in [0.25, 0.3) is 0 Å². The number of nitrogens with zero attached hydrogens (tertiary/aromatic N) is 1. The smallest absolute Gasteiger partial charge is 0.0400 e. The first-order valence-corrected chi connectivity index (χ1v) is 8.44. The second-order valence-electron chi connectivity index (χ2n) is 6.39. The van der Waals surface area contributed by atoms with Crippen LogP contribution in [0, 0.1) is 5.92 Å². The van der Waals surface area contributed by atoms with Gasteiger partial charge in [-0.25, -0.2) is 0 Å². The van der Waals surface area contributed by atoms with E-state index in [1.54, 1.807) is 0 Å². The molecule has 0 bridgehead atoms. The zero-order valence-electron chi connectivity index (χ0n) is 12.8. The Hall–Kier alpha value is -1.02. The summed E-state index contributed by atoms with van der Waals surface area (Å²) in [5, 5.41) is 3.77. The maximum absolute atomic E-state index is 3.77. The second kappa shape index (κ2) is 6.62. The molecule has 1 heterocycles. The molecule has 2 aliphatic rings. The van der Waals surface area contributed by atoms with E-state index in [9.17, 15) is 0 Å². The lowest BCUT2D eigenvalue weighted by Crippen LogP contribution is -2.46. The van der Waals surface area contributed by atoms with Crippen molar-refractivity contribution in [1.29, 1.82) is 0 Å². The van der Waals surface area contributed by atoms with Crippen molar-refractivity contribution in [2.45, 2.75) is 51.5 Å². The van der Waals surface area contributed by atoms with Crippen LogP contribution in [0.2, 0.25) is 0 Å². The normalized spacial score (nSPS) is 20.9. The third kappa shape index (κ3) is 3.01. The van der Waals surface area contributed by atoms with Crippen molar-refractivity contribution in [2.75, 3.05) is 24.5 Å². The number of likely N-dealkylation sites (N-methyl/N-ethyl adjacent to an activating group) is 1. The van der Waals surface area contributed by atoms with Gasteiger partial charge in [0.15, 0.2) is 0 Å². The standard InChI is InChI=1S/C18H28N2/c1-2-19-17(15-8-4-3-5-9-15)14-20-13-12-16-10-6-7-11-18(16)20/h6-7,10-11,15,17,19H,2-5,8-9,12-14H2,1H3. The van der Waals surface area contributed by atoms with E-state index in [0.29, 0.717) is 6.04 Å². The number of anilines is 1. The highest BCUT2D eigenvalue weighted by Gasteiger charge is 2.27. The first-order valence-electron chi connectivity index (χ1n) is 8.44. The van der Waals surface area contributed by atoms with Gasteiger partial charge in [-0.1, -0.05) is 44.4 Å². The lowest BCUT2D eigenvalue weighted by Gasteiger charge is -2.34. The van der Waals surface area contributed by atoms with Gasteiger partial charge in [-0.3, -0.25) is 0 Å². The molecule has 0 amide bonds. The maximum Gasteiger partial charge on any atom is 0.0400 e. The predicted octanol–water partition coefficient (Wildman–Crippen LogP) is 3.61. The number of hydrogen-bond acceptors (Lipinski definition) is 2. The zero-order chi connectivity index (χ0) is 13.8. The molecule has 0 radical (unpaired) electrons. The summed E-state index contributed by atoms with van der Waals surface area (Å²) in [4.78, 5) is 2.61. The fourth-order valence-electron chi connectivity index (χ4n) is 4.01. The van der Waals surface area contributed by atoms with E-state index in [1.165, 1.54) is 62.9 Å². The van der Waals surface area contributed by atoms with E-state index in [4.69, 9.17) is 0 Å². The number of para-hydroxylation sites is 1. The molecule has 1 unspecified atom stereocenters. The lowest BCUT2D eigenvalue weighted by atomic mass is 9.83. The Kier molecular flexibility index (Phi) is 4.62. The molecule has 0 spiro atoms. The molecule has 20 heavy (non-hydrogen) atoms. The molecule has 1 aliphatic heterocycles. The van der Waals surface area contributed by atoms with E-state index in [2.05, 4.69) is 41.4 Å². The van der Waals surface area contributed by atoms with Crippen LogP contribution in [0.5, 0.6) is 0 Å². The second-order valence-corrected chi connectivity index (χ2v) is 6.39. The van der Waals surface area contributed by atoms with E-state index < -0.39 is 0 Å². The first kappa shape index (κ1) is 13.9. The molecule has 0 aromatic heterocycles. The number of rotatable bonds is 5. The van der Waals surface area contributed by atoms with Crippen molar-refractivity contribution < 1.29 is 0 Å². The van der Waals surface area contributed by atoms with Crippen LogP contribution in [0.1, 0.15) is 44.6 Å². The minimum absolute atomic E-state index is 0.673. The summed E-state index contributed by atoms with van der Waals surface area (Å²) in [6.07, 6.45) is 8.38. The molecule has 1 aliphatic carbocycles. The fourth-order valence-corrected chi connectivity index (χ4v) is 4.01. The summed E-state index contributed by atoms with van der Waals surface area (Å²) in [5.74, 6) is 0.886. The molecule has 1 atom stereocenters.